The first kappa shape index (κ1) is 15.9. The molecular formula is C18H18N2O4. The molecule has 124 valence electrons. The summed E-state index contributed by atoms with van der Waals surface area (Å²) in [5, 5.41) is 3.70. The molecule has 0 aliphatic rings. The third kappa shape index (κ3) is 3.03. The number of rotatable bonds is 5. The number of aryl methyl sites for hydroxylation is 1. The zero-order valence-corrected chi connectivity index (χ0v) is 13.8. The highest BCUT2D eigenvalue weighted by molar-refractivity contribution is 5.99. The molecule has 2 aromatic heterocycles. The van der Waals surface area contributed by atoms with Crippen LogP contribution in [-0.2, 0) is 6.54 Å². The number of nitrogens with zero attached hydrogens (tertiary/aromatic N) is 1. The van der Waals surface area contributed by atoms with Crippen molar-refractivity contribution in [2.45, 2.75) is 13.5 Å². The van der Waals surface area contributed by atoms with Gasteiger partial charge in [0.25, 0.3) is 5.91 Å². The summed E-state index contributed by atoms with van der Waals surface area (Å²) in [5.74, 6) is 1.30. The molecule has 2 heterocycles. The molecule has 0 spiro atoms. The fourth-order valence-corrected chi connectivity index (χ4v) is 2.44. The first-order valence-electron chi connectivity index (χ1n) is 7.46. The molecule has 6 heteroatoms. The van der Waals surface area contributed by atoms with Gasteiger partial charge in [0.05, 0.1) is 14.2 Å². The van der Waals surface area contributed by atoms with Crippen molar-refractivity contribution in [3.05, 3.63) is 53.4 Å². The lowest BCUT2D eigenvalue weighted by Crippen LogP contribution is -2.23. The summed E-state index contributed by atoms with van der Waals surface area (Å²) in [6, 6.07) is 9.06. The summed E-state index contributed by atoms with van der Waals surface area (Å²) in [4.78, 5) is 16.5. The number of pyridine rings is 1. The Morgan fingerprint density at radius 3 is 2.71 bits per heavy atom. The van der Waals surface area contributed by atoms with Gasteiger partial charge in [-0.1, -0.05) is 6.07 Å². The van der Waals surface area contributed by atoms with Crippen LogP contribution in [0.25, 0.3) is 11.0 Å². The van der Waals surface area contributed by atoms with Gasteiger partial charge in [-0.25, -0.2) is 4.98 Å². The molecule has 24 heavy (non-hydrogen) atoms. The Morgan fingerprint density at radius 2 is 2.04 bits per heavy atom. The highest BCUT2D eigenvalue weighted by atomic mass is 16.5. The molecule has 6 nitrogen and oxygen atoms in total. The lowest BCUT2D eigenvalue weighted by atomic mass is 10.1. The number of hydrogen-bond acceptors (Lipinski definition) is 5. The van der Waals surface area contributed by atoms with E-state index in [1.807, 2.05) is 19.1 Å². The molecule has 0 fully saturated rings. The summed E-state index contributed by atoms with van der Waals surface area (Å²) in [6.07, 6.45) is 1.66. The molecule has 0 atom stereocenters. The van der Waals surface area contributed by atoms with Crippen LogP contribution in [0, 0.1) is 6.92 Å². The number of amides is 1. The number of carbonyl (C=O) groups excluding carboxylic acids is 1. The minimum Gasteiger partial charge on any atom is -0.497 e. The smallest absolute Gasteiger partial charge is 0.287 e. The van der Waals surface area contributed by atoms with Crippen molar-refractivity contribution >= 4 is 16.9 Å². The van der Waals surface area contributed by atoms with Crippen molar-refractivity contribution in [1.82, 2.24) is 10.3 Å². The maximum atomic E-state index is 12.4. The fourth-order valence-electron chi connectivity index (χ4n) is 2.44. The quantitative estimate of drug-likeness (QED) is 0.780. The Hall–Kier alpha value is -3.02. The van der Waals surface area contributed by atoms with Gasteiger partial charge in [0.1, 0.15) is 11.3 Å². The predicted octanol–water partition coefficient (Wildman–Crippen LogP) is 3.08. The van der Waals surface area contributed by atoms with Crippen LogP contribution in [0.4, 0.5) is 0 Å². The van der Waals surface area contributed by atoms with Crippen LogP contribution < -0.4 is 14.8 Å². The van der Waals surface area contributed by atoms with E-state index in [2.05, 4.69) is 10.3 Å². The number of carbonyl (C=O) groups is 1. The molecule has 3 aromatic rings. The second kappa shape index (κ2) is 6.62. The summed E-state index contributed by atoms with van der Waals surface area (Å²) in [7, 11) is 3.16. The first-order valence-corrected chi connectivity index (χ1v) is 7.46. The second-order valence-electron chi connectivity index (χ2n) is 5.31. The van der Waals surface area contributed by atoms with Gasteiger partial charge in [0, 0.05) is 29.8 Å². The third-order valence-corrected chi connectivity index (χ3v) is 3.81. The number of fused-ring (bicyclic) bond motifs is 1. The van der Waals surface area contributed by atoms with Crippen LogP contribution in [0.3, 0.4) is 0 Å². The van der Waals surface area contributed by atoms with Gasteiger partial charge in [0.2, 0.25) is 5.88 Å². The van der Waals surface area contributed by atoms with Crippen molar-refractivity contribution in [2.24, 2.45) is 0 Å². The Morgan fingerprint density at radius 1 is 1.21 bits per heavy atom. The average Bonchev–Trinajstić information content (AvgIpc) is 2.96. The Kier molecular flexibility index (Phi) is 4.37. The summed E-state index contributed by atoms with van der Waals surface area (Å²) >= 11 is 0. The van der Waals surface area contributed by atoms with Crippen LogP contribution in [0.2, 0.25) is 0 Å². The number of nitrogens with one attached hydrogen (secondary N) is 1. The first-order chi connectivity index (χ1) is 11.6. The Bertz CT molecular complexity index is 869. The van der Waals surface area contributed by atoms with E-state index in [9.17, 15) is 4.79 Å². The lowest BCUT2D eigenvalue weighted by Gasteiger charge is -2.04. The number of furan rings is 1. The van der Waals surface area contributed by atoms with Gasteiger partial charge in [-0.05, 0) is 30.7 Å². The molecule has 0 saturated carbocycles. The molecular weight excluding hydrogens is 308 g/mol. The standard InChI is InChI=1S/C18H18N2O4/c1-11-14-8-13(22-2)5-6-15(14)24-17(11)18(21)20-10-12-4-7-16(23-3)19-9-12/h4-9H,10H2,1-3H3,(H,20,21). The molecule has 0 aliphatic heterocycles. The molecule has 0 bridgehead atoms. The van der Waals surface area contributed by atoms with Crippen LogP contribution in [-0.4, -0.2) is 25.1 Å². The minimum atomic E-state index is -0.265. The second-order valence-corrected chi connectivity index (χ2v) is 5.31. The number of hydrogen-bond donors (Lipinski definition) is 1. The Balaban J connectivity index is 1.76. The molecule has 1 aromatic carbocycles. The van der Waals surface area contributed by atoms with Crippen LogP contribution in [0.15, 0.2) is 40.9 Å². The van der Waals surface area contributed by atoms with Crippen molar-refractivity contribution in [2.75, 3.05) is 14.2 Å². The Labute approximate surface area is 139 Å². The van der Waals surface area contributed by atoms with Crippen molar-refractivity contribution in [1.29, 1.82) is 0 Å². The van der Waals surface area contributed by atoms with Crippen LogP contribution >= 0.6 is 0 Å². The van der Waals surface area contributed by atoms with Gasteiger partial charge in [-0.3, -0.25) is 4.79 Å². The third-order valence-electron chi connectivity index (χ3n) is 3.81. The topological polar surface area (TPSA) is 73.6 Å². The highest BCUT2D eigenvalue weighted by Gasteiger charge is 2.17. The number of benzene rings is 1. The monoisotopic (exact) mass is 326 g/mol. The number of methoxy groups -OCH3 is 2. The lowest BCUT2D eigenvalue weighted by molar-refractivity contribution is 0.0924. The van der Waals surface area contributed by atoms with E-state index < -0.39 is 0 Å². The van der Waals surface area contributed by atoms with E-state index >= 15 is 0 Å². The zero-order chi connectivity index (χ0) is 17.1. The van der Waals surface area contributed by atoms with E-state index in [1.54, 1.807) is 38.6 Å². The molecule has 1 amide bonds. The zero-order valence-electron chi connectivity index (χ0n) is 13.8. The van der Waals surface area contributed by atoms with E-state index in [-0.39, 0.29) is 5.91 Å². The number of aromatic nitrogens is 1. The highest BCUT2D eigenvalue weighted by Crippen LogP contribution is 2.28. The van der Waals surface area contributed by atoms with E-state index in [0.717, 1.165) is 22.3 Å². The van der Waals surface area contributed by atoms with E-state index in [0.29, 0.717) is 23.8 Å². The minimum absolute atomic E-state index is 0.265. The van der Waals surface area contributed by atoms with Crippen LogP contribution in [0.5, 0.6) is 11.6 Å². The average molecular weight is 326 g/mol. The van der Waals surface area contributed by atoms with Gasteiger partial charge >= 0.3 is 0 Å². The molecule has 1 N–H and O–H groups in total. The maximum Gasteiger partial charge on any atom is 0.287 e. The normalized spacial score (nSPS) is 10.6. The van der Waals surface area contributed by atoms with E-state index in [1.165, 1.54) is 0 Å². The van der Waals surface area contributed by atoms with Crippen molar-refractivity contribution in [3.8, 4) is 11.6 Å². The van der Waals surface area contributed by atoms with Gasteiger partial charge in [-0.15, -0.1) is 0 Å². The molecule has 0 unspecified atom stereocenters. The van der Waals surface area contributed by atoms with E-state index in [4.69, 9.17) is 13.9 Å². The molecule has 3 rings (SSSR count). The maximum absolute atomic E-state index is 12.4. The summed E-state index contributed by atoms with van der Waals surface area (Å²) < 4.78 is 15.9. The fraction of sp³-hybridized carbons (Fsp3) is 0.222. The SMILES string of the molecule is COc1ccc2oc(C(=O)NCc3ccc(OC)nc3)c(C)c2c1. The van der Waals surface area contributed by atoms with Crippen molar-refractivity contribution in [3.63, 3.8) is 0 Å². The summed E-state index contributed by atoms with van der Waals surface area (Å²) in [6.45, 7) is 2.21. The van der Waals surface area contributed by atoms with Gasteiger partial charge in [-0.2, -0.15) is 0 Å². The van der Waals surface area contributed by atoms with Crippen molar-refractivity contribution < 1.29 is 18.7 Å². The van der Waals surface area contributed by atoms with Crippen LogP contribution in [0.1, 0.15) is 21.7 Å². The predicted molar refractivity (Wildman–Crippen MR) is 89.5 cm³/mol. The summed E-state index contributed by atoms with van der Waals surface area (Å²) in [5.41, 5.74) is 2.32. The number of ether oxygens (including phenoxy) is 2. The van der Waals surface area contributed by atoms with Gasteiger partial charge < -0.3 is 19.2 Å². The largest absolute Gasteiger partial charge is 0.497 e. The molecule has 0 aliphatic carbocycles. The molecule has 0 saturated heterocycles. The molecule has 0 radical (unpaired) electrons. The van der Waals surface area contributed by atoms with Gasteiger partial charge in [0.15, 0.2) is 5.76 Å².